The molecule has 0 aliphatic carbocycles. The third-order valence-corrected chi connectivity index (χ3v) is 9.11. The predicted molar refractivity (Wildman–Crippen MR) is 206 cm³/mol. The lowest BCUT2D eigenvalue weighted by Gasteiger charge is -2.17. The molecule has 3 heterocycles. The van der Waals surface area contributed by atoms with Crippen LogP contribution in [-0.4, -0.2) is 15.0 Å². The van der Waals surface area contributed by atoms with Crippen LogP contribution in [0, 0.1) is 0 Å². The van der Waals surface area contributed by atoms with Gasteiger partial charge >= 0.3 is 0 Å². The van der Waals surface area contributed by atoms with E-state index in [0.29, 0.717) is 0 Å². The molecule has 0 N–H and O–H groups in total. The van der Waals surface area contributed by atoms with E-state index in [1.165, 1.54) is 54.6 Å². The Balaban J connectivity index is 0.000000339. The van der Waals surface area contributed by atoms with Crippen LogP contribution in [-0.2, 0) is 0 Å². The smallest absolute Gasteiger partial charge is 0.0702 e. The van der Waals surface area contributed by atoms with Crippen molar-refractivity contribution in [1.29, 1.82) is 0 Å². The molecule has 0 amide bonds. The molecule has 0 aliphatic rings. The molecule has 0 atom stereocenters. The van der Waals surface area contributed by atoms with Crippen molar-refractivity contribution < 1.29 is 0 Å². The van der Waals surface area contributed by atoms with Crippen molar-refractivity contribution in [3.63, 3.8) is 0 Å². The topological polar surface area (TPSA) is 38.7 Å². The van der Waals surface area contributed by atoms with Gasteiger partial charge in [-0.2, -0.15) is 0 Å². The molecule has 3 heteroatoms. The lowest BCUT2D eigenvalue weighted by atomic mass is 9.87. The highest BCUT2D eigenvalue weighted by molar-refractivity contribution is 6.27. The van der Waals surface area contributed by atoms with Gasteiger partial charge in [-0.1, -0.05) is 116 Å². The van der Waals surface area contributed by atoms with Crippen LogP contribution in [0.25, 0.3) is 82.7 Å². The van der Waals surface area contributed by atoms with Gasteiger partial charge in [-0.25, -0.2) is 0 Å². The highest BCUT2D eigenvalue weighted by Gasteiger charge is 2.15. The molecule has 0 bridgehead atoms. The molecular formula is C46H33N3. The van der Waals surface area contributed by atoms with Crippen LogP contribution < -0.4 is 0 Å². The Hall–Kier alpha value is -6.45. The highest BCUT2D eigenvalue weighted by Crippen LogP contribution is 2.42. The van der Waals surface area contributed by atoms with Crippen molar-refractivity contribution in [2.75, 3.05) is 0 Å². The molecule has 3 aromatic heterocycles. The zero-order valence-electron chi connectivity index (χ0n) is 27.2. The van der Waals surface area contributed by atoms with Gasteiger partial charge in [-0.05, 0) is 109 Å². The molecule has 3 nitrogen and oxygen atoms in total. The first-order chi connectivity index (χ1) is 24.1. The standard InChI is InChI=1S/C38H24N2.C8H9N/c1-3-22-39-35(8-1)26-12-10-25(11-13-26)31-18-14-27-17-21-34-32(19-15-28-16-20-33(31)37(27)38(28)34)29-6-5-7-30(24-29)36-9-2-4-23-40-36;1-7(2)8-4-3-5-9-6-8/h1-24H;3-6H,1H2,2H3. The van der Waals surface area contributed by atoms with Gasteiger partial charge in [0.25, 0.3) is 0 Å². The van der Waals surface area contributed by atoms with Crippen LogP contribution in [0.5, 0.6) is 0 Å². The van der Waals surface area contributed by atoms with E-state index in [1.807, 2.05) is 61.9 Å². The first-order valence-electron chi connectivity index (χ1n) is 16.4. The van der Waals surface area contributed by atoms with Gasteiger partial charge in [0.15, 0.2) is 0 Å². The maximum atomic E-state index is 4.57. The molecule has 49 heavy (non-hydrogen) atoms. The van der Waals surface area contributed by atoms with Crippen molar-refractivity contribution in [1.82, 2.24) is 15.0 Å². The van der Waals surface area contributed by atoms with Crippen molar-refractivity contribution in [2.45, 2.75) is 6.92 Å². The monoisotopic (exact) mass is 627 g/mol. The molecule has 0 unspecified atom stereocenters. The van der Waals surface area contributed by atoms with Gasteiger partial charge in [-0.15, -0.1) is 0 Å². The molecule has 9 aromatic rings. The molecule has 232 valence electrons. The SMILES string of the molecule is C=C(C)c1cccnc1.c1ccc(-c2ccc(-c3ccc4ccc5c(-c6cccc(-c7ccccn7)c6)ccc6ccc3c4c65)cc2)nc1. The van der Waals surface area contributed by atoms with Gasteiger partial charge < -0.3 is 0 Å². The highest BCUT2D eigenvalue weighted by atomic mass is 14.7. The maximum absolute atomic E-state index is 4.57. The van der Waals surface area contributed by atoms with E-state index in [4.69, 9.17) is 0 Å². The average Bonchev–Trinajstić information content (AvgIpc) is 3.18. The molecular weight excluding hydrogens is 595 g/mol. The minimum atomic E-state index is 0.987. The average molecular weight is 628 g/mol. The minimum absolute atomic E-state index is 0.987. The number of allylic oxidation sites excluding steroid dienone is 1. The van der Waals surface area contributed by atoms with E-state index >= 15 is 0 Å². The fourth-order valence-electron chi connectivity index (χ4n) is 6.65. The Morgan fingerprint density at radius 1 is 0.469 bits per heavy atom. The van der Waals surface area contributed by atoms with Gasteiger partial charge in [0.1, 0.15) is 0 Å². The molecule has 9 rings (SSSR count). The van der Waals surface area contributed by atoms with E-state index in [9.17, 15) is 0 Å². The van der Waals surface area contributed by atoms with Gasteiger partial charge in [0.2, 0.25) is 0 Å². The van der Waals surface area contributed by atoms with E-state index in [1.54, 1.807) is 6.20 Å². The Kier molecular flexibility index (Phi) is 7.93. The van der Waals surface area contributed by atoms with Crippen LogP contribution in [0.1, 0.15) is 12.5 Å². The summed E-state index contributed by atoms with van der Waals surface area (Å²) in [6, 6.07) is 51.6. The summed E-state index contributed by atoms with van der Waals surface area (Å²) in [5.41, 5.74) is 11.3. The zero-order chi connectivity index (χ0) is 33.2. The molecule has 0 saturated heterocycles. The molecule has 0 fully saturated rings. The van der Waals surface area contributed by atoms with Gasteiger partial charge in [-0.3, -0.25) is 15.0 Å². The predicted octanol–water partition coefficient (Wildman–Crippen LogP) is 12.2. The van der Waals surface area contributed by atoms with Crippen LogP contribution in [0.4, 0.5) is 0 Å². The van der Waals surface area contributed by atoms with Crippen LogP contribution >= 0.6 is 0 Å². The summed E-state index contributed by atoms with van der Waals surface area (Å²) in [7, 11) is 0. The van der Waals surface area contributed by atoms with E-state index in [0.717, 1.165) is 33.7 Å². The Morgan fingerprint density at radius 2 is 1.04 bits per heavy atom. The number of pyridine rings is 3. The van der Waals surface area contributed by atoms with Crippen molar-refractivity contribution in [2.24, 2.45) is 0 Å². The summed E-state index contributed by atoms with van der Waals surface area (Å²) < 4.78 is 0. The molecule has 6 aromatic carbocycles. The largest absolute Gasteiger partial charge is 0.264 e. The molecule has 0 radical (unpaired) electrons. The number of hydrogen-bond donors (Lipinski definition) is 0. The zero-order valence-corrected chi connectivity index (χ0v) is 27.2. The second-order valence-corrected chi connectivity index (χ2v) is 12.3. The number of hydrogen-bond acceptors (Lipinski definition) is 3. The number of rotatable bonds is 5. The summed E-state index contributed by atoms with van der Waals surface area (Å²) in [6.07, 6.45) is 7.25. The summed E-state index contributed by atoms with van der Waals surface area (Å²) in [5.74, 6) is 0. The first-order valence-corrected chi connectivity index (χ1v) is 16.4. The third kappa shape index (κ3) is 5.83. The second kappa shape index (κ2) is 13.0. The van der Waals surface area contributed by atoms with Crippen LogP contribution in [0.2, 0.25) is 0 Å². The summed E-state index contributed by atoms with van der Waals surface area (Å²) in [4.78, 5) is 13.0. The van der Waals surface area contributed by atoms with Crippen LogP contribution in [0.15, 0.2) is 177 Å². The Labute approximate surface area is 286 Å². The van der Waals surface area contributed by atoms with Gasteiger partial charge in [0.05, 0.1) is 11.4 Å². The number of aromatic nitrogens is 3. The van der Waals surface area contributed by atoms with E-state index in [2.05, 4.69) is 131 Å². The Bertz CT molecular complexity index is 2540. The van der Waals surface area contributed by atoms with Crippen LogP contribution in [0.3, 0.4) is 0 Å². The second-order valence-electron chi connectivity index (χ2n) is 12.3. The minimum Gasteiger partial charge on any atom is -0.264 e. The third-order valence-electron chi connectivity index (χ3n) is 9.11. The summed E-state index contributed by atoms with van der Waals surface area (Å²) >= 11 is 0. The molecule has 0 aliphatic heterocycles. The van der Waals surface area contributed by atoms with Crippen molar-refractivity contribution >= 4 is 37.9 Å². The fraction of sp³-hybridized carbons (Fsp3) is 0.0217. The van der Waals surface area contributed by atoms with Crippen molar-refractivity contribution in [3.05, 3.63) is 183 Å². The van der Waals surface area contributed by atoms with E-state index < -0.39 is 0 Å². The molecule has 0 spiro atoms. The fourth-order valence-corrected chi connectivity index (χ4v) is 6.65. The van der Waals surface area contributed by atoms with Crippen molar-refractivity contribution in [3.8, 4) is 44.8 Å². The Morgan fingerprint density at radius 3 is 1.59 bits per heavy atom. The quantitative estimate of drug-likeness (QED) is 0.178. The lowest BCUT2D eigenvalue weighted by Crippen LogP contribution is -1.90. The number of benzene rings is 6. The summed E-state index contributed by atoms with van der Waals surface area (Å²) in [5, 5.41) is 7.73. The molecule has 0 saturated carbocycles. The van der Waals surface area contributed by atoms with Gasteiger partial charge in [0, 0.05) is 35.9 Å². The normalized spacial score (nSPS) is 11.0. The summed E-state index contributed by atoms with van der Waals surface area (Å²) in [6.45, 7) is 5.75. The first kappa shape index (κ1) is 29.9. The van der Waals surface area contributed by atoms with E-state index in [-0.39, 0.29) is 0 Å². The number of nitrogens with zero attached hydrogens (tertiary/aromatic N) is 3. The lowest BCUT2D eigenvalue weighted by molar-refractivity contribution is 1.31. The maximum Gasteiger partial charge on any atom is 0.0702 e.